The van der Waals surface area contributed by atoms with Gasteiger partial charge in [-0.15, -0.1) is 0 Å². The smallest absolute Gasteiger partial charge is 0.726 e. The van der Waals surface area contributed by atoms with Crippen LogP contribution in [0.4, 0.5) is 0 Å². The van der Waals surface area contributed by atoms with E-state index in [0.29, 0.717) is 0 Å². The molecule has 0 fully saturated rings. The van der Waals surface area contributed by atoms with Crippen LogP contribution in [-0.4, -0.2) is 76.9 Å². The Kier molecular flexibility index (Phi) is 44.6. The van der Waals surface area contributed by atoms with Gasteiger partial charge in [0.1, 0.15) is 0 Å². The van der Waals surface area contributed by atoms with Crippen molar-refractivity contribution in [3.05, 3.63) is 0 Å². The second-order valence-electron chi connectivity index (χ2n) is 14.1. The first-order valence-electron chi connectivity index (χ1n) is 20.2. The molecule has 0 aliphatic carbocycles. The second-order valence-corrected chi connectivity index (χ2v) is 16.2. The van der Waals surface area contributed by atoms with Crippen molar-refractivity contribution >= 4 is 58.5 Å². The molecule has 0 amide bonds. The molecule has 11 heteroatoms. The standard InChI is InChI=1S/2C19H40O4S.Ca/c2*1-3-5-7-9-10-11-12-13-15-17-19(16-14-8-6-4-2)18-23-24(20,21)22;/h2*19H,3-18H2,1-2H3,(H,20,21,22);/q;;+2/p-2. The molecule has 0 aromatic rings. The van der Waals surface area contributed by atoms with Gasteiger partial charge in [0.15, 0.2) is 0 Å². The molecule has 0 radical (unpaired) electrons. The first-order valence-corrected chi connectivity index (χ1v) is 22.9. The van der Waals surface area contributed by atoms with Gasteiger partial charge in [-0.1, -0.05) is 195 Å². The zero-order valence-corrected chi connectivity index (χ0v) is 36.4. The molecule has 0 aromatic heterocycles. The summed E-state index contributed by atoms with van der Waals surface area (Å²) in [7, 11) is -9.11. The van der Waals surface area contributed by atoms with Crippen LogP contribution >= 0.6 is 0 Å². The van der Waals surface area contributed by atoms with Crippen molar-refractivity contribution in [3.63, 3.8) is 0 Å². The molecule has 0 saturated carbocycles. The van der Waals surface area contributed by atoms with E-state index in [2.05, 4.69) is 36.1 Å². The largest absolute Gasteiger partial charge is 2.00 e. The molecule has 0 rings (SSSR count). The molecule has 8 nitrogen and oxygen atoms in total. The fraction of sp³-hybridized carbons (Fsp3) is 1.00. The normalized spacial score (nSPS) is 13.0. The number of hydrogen-bond donors (Lipinski definition) is 0. The summed E-state index contributed by atoms with van der Waals surface area (Å²) in [6, 6.07) is 0. The van der Waals surface area contributed by atoms with Crippen LogP contribution < -0.4 is 0 Å². The fourth-order valence-electron chi connectivity index (χ4n) is 6.19. The van der Waals surface area contributed by atoms with E-state index in [1.54, 1.807) is 0 Å². The van der Waals surface area contributed by atoms with Gasteiger partial charge in [0, 0.05) is 0 Å². The quantitative estimate of drug-likeness (QED) is 0.0266. The van der Waals surface area contributed by atoms with Crippen LogP contribution in [0.5, 0.6) is 0 Å². The van der Waals surface area contributed by atoms with Gasteiger partial charge in [0.2, 0.25) is 20.8 Å². The summed E-state index contributed by atoms with van der Waals surface area (Å²) in [6.07, 6.45) is 36.3. The van der Waals surface area contributed by atoms with Crippen molar-refractivity contribution in [1.29, 1.82) is 0 Å². The average Bonchev–Trinajstić information content (AvgIpc) is 3.03. The Hall–Kier alpha value is 1.000. The number of hydrogen-bond acceptors (Lipinski definition) is 8. The zero-order chi connectivity index (χ0) is 36.2. The summed E-state index contributed by atoms with van der Waals surface area (Å²) in [5, 5.41) is 0. The molecule has 0 aliphatic heterocycles. The molecule has 292 valence electrons. The summed E-state index contributed by atoms with van der Waals surface area (Å²) in [5.41, 5.74) is 0. The van der Waals surface area contributed by atoms with E-state index in [4.69, 9.17) is 0 Å². The first-order chi connectivity index (χ1) is 23.0. The third-order valence-corrected chi connectivity index (χ3v) is 10.1. The van der Waals surface area contributed by atoms with Crippen LogP contribution in [0.2, 0.25) is 0 Å². The molecular weight excluding hydrogens is 689 g/mol. The van der Waals surface area contributed by atoms with Crippen LogP contribution in [0.15, 0.2) is 0 Å². The van der Waals surface area contributed by atoms with Gasteiger partial charge in [-0.3, -0.25) is 8.37 Å². The van der Waals surface area contributed by atoms with Crippen molar-refractivity contribution in [3.8, 4) is 0 Å². The van der Waals surface area contributed by atoms with Gasteiger partial charge in [0.05, 0.1) is 13.2 Å². The van der Waals surface area contributed by atoms with Crippen LogP contribution in [0, 0.1) is 11.8 Å². The molecule has 0 aliphatic rings. The van der Waals surface area contributed by atoms with Gasteiger partial charge < -0.3 is 9.11 Å². The van der Waals surface area contributed by atoms with Crippen molar-refractivity contribution in [2.45, 2.75) is 220 Å². The van der Waals surface area contributed by atoms with E-state index in [-0.39, 0.29) is 62.8 Å². The van der Waals surface area contributed by atoms with Crippen LogP contribution in [0.25, 0.3) is 0 Å². The number of unbranched alkanes of at least 4 members (excludes halogenated alkanes) is 22. The van der Waals surface area contributed by atoms with Crippen molar-refractivity contribution in [2.75, 3.05) is 13.2 Å². The molecule has 2 unspecified atom stereocenters. The molecule has 2 atom stereocenters. The minimum Gasteiger partial charge on any atom is -0.726 e. The maximum atomic E-state index is 10.7. The Morgan fingerprint density at radius 2 is 0.551 bits per heavy atom. The minimum atomic E-state index is -4.55. The molecule has 0 bridgehead atoms. The van der Waals surface area contributed by atoms with Gasteiger partial charge in [-0.25, -0.2) is 16.8 Å². The maximum Gasteiger partial charge on any atom is 2.00 e. The SMILES string of the molecule is CCCCCCCCCCCC(CCCCCC)COS(=O)(=O)[O-].CCCCCCCCCCCC(CCCCCC)COS(=O)(=O)[O-].[Ca+2]. The summed E-state index contributed by atoms with van der Waals surface area (Å²) < 4.78 is 72.9. The van der Waals surface area contributed by atoms with E-state index in [1.165, 1.54) is 141 Å². The van der Waals surface area contributed by atoms with E-state index >= 15 is 0 Å². The summed E-state index contributed by atoms with van der Waals surface area (Å²) >= 11 is 0. The zero-order valence-electron chi connectivity index (χ0n) is 32.6. The van der Waals surface area contributed by atoms with Gasteiger partial charge in [-0.2, -0.15) is 0 Å². The van der Waals surface area contributed by atoms with Crippen LogP contribution in [0.3, 0.4) is 0 Å². The van der Waals surface area contributed by atoms with Gasteiger partial charge in [-0.05, 0) is 37.5 Å². The molecule has 49 heavy (non-hydrogen) atoms. The summed E-state index contributed by atoms with van der Waals surface area (Å²) in [6.45, 7) is 8.95. The van der Waals surface area contributed by atoms with Crippen molar-refractivity contribution < 1.29 is 34.3 Å². The Labute approximate surface area is 335 Å². The molecule has 0 spiro atoms. The average molecular weight is 767 g/mol. The predicted octanol–water partition coefficient (Wildman–Crippen LogP) is 11.6. The fourth-order valence-corrected chi connectivity index (χ4v) is 6.91. The Bertz CT molecular complexity index is 786. The van der Waals surface area contributed by atoms with Crippen molar-refractivity contribution in [2.24, 2.45) is 11.8 Å². The topological polar surface area (TPSA) is 133 Å². The Morgan fingerprint density at radius 1 is 0.367 bits per heavy atom. The molecule has 0 aromatic carbocycles. The van der Waals surface area contributed by atoms with Crippen LogP contribution in [0.1, 0.15) is 220 Å². The van der Waals surface area contributed by atoms with Gasteiger partial charge >= 0.3 is 37.7 Å². The van der Waals surface area contributed by atoms with E-state index in [0.717, 1.165) is 51.4 Å². The van der Waals surface area contributed by atoms with Crippen LogP contribution in [-0.2, 0) is 29.2 Å². The third kappa shape index (κ3) is 49.0. The molecule has 0 saturated heterocycles. The van der Waals surface area contributed by atoms with E-state index in [1.807, 2.05) is 0 Å². The summed E-state index contributed by atoms with van der Waals surface area (Å²) in [5.74, 6) is 0.408. The monoisotopic (exact) mass is 766 g/mol. The van der Waals surface area contributed by atoms with Gasteiger partial charge in [0.25, 0.3) is 0 Å². The molecule has 0 heterocycles. The van der Waals surface area contributed by atoms with Crippen molar-refractivity contribution in [1.82, 2.24) is 0 Å². The Balaban J connectivity index is -0.000000846. The maximum absolute atomic E-state index is 10.7. The second kappa shape index (κ2) is 40.2. The summed E-state index contributed by atoms with van der Waals surface area (Å²) in [4.78, 5) is 0. The molecular formula is C38H78CaO8S2. The first kappa shape index (κ1) is 54.3. The number of rotatable bonds is 36. The van der Waals surface area contributed by atoms with E-state index < -0.39 is 20.8 Å². The molecule has 0 N–H and O–H groups in total. The minimum absolute atomic E-state index is 0. The third-order valence-electron chi connectivity index (χ3n) is 9.26. The predicted molar refractivity (Wildman–Crippen MR) is 205 cm³/mol. The Morgan fingerprint density at radius 3 is 0.755 bits per heavy atom. The van der Waals surface area contributed by atoms with E-state index in [9.17, 15) is 25.9 Å².